The molecule has 1 atom stereocenters. The van der Waals surface area contributed by atoms with Crippen molar-refractivity contribution in [1.29, 1.82) is 0 Å². The Balaban J connectivity index is 1.86. The van der Waals surface area contributed by atoms with Gasteiger partial charge in [-0.25, -0.2) is 0 Å². The van der Waals surface area contributed by atoms with E-state index in [0.29, 0.717) is 6.42 Å². The highest BCUT2D eigenvalue weighted by molar-refractivity contribution is 9.10. The summed E-state index contributed by atoms with van der Waals surface area (Å²) in [6.45, 7) is 5.15. The van der Waals surface area contributed by atoms with E-state index in [1.807, 2.05) is 18.2 Å². The van der Waals surface area contributed by atoms with Crippen molar-refractivity contribution in [1.82, 2.24) is 5.32 Å². The van der Waals surface area contributed by atoms with E-state index < -0.39 is 5.66 Å². The quantitative estimate of drug-likeness (QED) is 0.811. The van der Waals surface area contributed by atoms with E-state index >= 15 is 0 Å². The van der Waals surface area contributed by atoms with E-state index in [9.17, 15) is 4.79 Å². The maximum absolute atomic E-state index is 12.3. The van der Waals surface area contributed by atoms with Crippen LogP contribution in [0.2, 0.25) is 0 Å². The first-order chi connectivity index (χ1) is 12.0. The van der Waals surface area contributed by atoms with Crippen LogP contribution < -0.4 is 10.2 Å². The molecule has 2 aromatic carbocycles. The number of amides is 1. The van der Waals surface area contributed by atoms with E-state index in [4.69, 9.17) is 0 Å². The van der Waals surface area contributed by atoms with Gasteiger partial charge in [0.1, 0.15) is 5.66 Å². The first kappa shape index (κ1) is 16.4. The fourth-order valence-corrected chi connectivity index (χ4v) is 4.56. The molecule has 2 aromatic rings. The molecule has 4 rings (SSSR count). The monoisotopic (exact) mass is 396 g/mol. The lowest BCUT2D eigenvalue weighted by molar-refractivity contribution is -0.124. The molecule has 128 valence electrons. The van der Waals surface area contributed by atoms with Crippen LogP contribution in [0.4, 0.5) is 5.69 Å². The molecule has 0 spiro atoms. The average Bonchev–Trinajstić information content (AvgIpc) is 2.79. The predicted molar refractivity (Wildman–Crippen MR) is 105 cm³/mol. The predicted octanol–water partition coefficient (Wildman–Crippen LogP) is 4.48. The van der Waals surface area contributed by atoms with E-state index in [1.165, 1.54) is 11.3 Å². The first-order valence-electron chi connectivity index (χ1n) is 8.58. The zero-order valence-corrected chi connectivity index (χ0v) is 16.0. The van der Waals surface area contributed by atoms with Crippen molar-refractivity contribution < 1.29 is 4.79 Å². The van der Waals surface area contributed by atoms with Crippen LogP contribution in [-0.4, -0.2) is 18.1 Å². The fourth-order valence-electron chi connectivity index (χ4n) is 4.14. The minimum absolute atomic E-state index is 0.105. The Bertz CT molecular complexity index is 874. The molecule has 3 nitrogen and oxygen atoms in total. The smallest absolute Gasteiger partial charge is 0.223 e. The molecular formula is C21H21BrN2O. The molecule has 2 heterocycles. The number of para-hydroxylation sites is 1. The molecule has 2 aliphatic rings. The molecular weight excluding hydrogens is 376 g/mol. The molecule has 1 amide bonds. The normalized spacial score (nSPS) is 24.1. The maximum atomic E-state index is 12.3. The van der Waals surface area contributed by atoms with E-state index in [1.54, 1.807) is 0 Å². The van der Waals surface area contributed by atoms with E-state index in [0.717, 1.165) is 16.6 Å². The van der Waals surface area contributed by atoms with Crippen LogP contribution >= 0.6 is 15.9 Å². The van der Waals surface area contributed by atoms with Gasteiger partial charge < -0.3 is 10.2 Å². The van der Waals surface area contributed by atoms with Crippen LogP contribution in [-0.2, 0) is 10.2 Å². The number of carbonyl (C=O) groups is 1. The van der Waals surface area contributed by atoms with Crippen molar-refractivity contribution in [3.8, 4) is 0 Å². The Hall–Kier alpha value is -2.07. The topological polar surface area (TPSA) is 32.3 Å². The van der Waals surface area contributed by atoms with Gasteiger partial charge in [0.2, 0.25) is 5.91 Å². The van der Waals surface area contributed by atoms with Crippen molar-refractivity contribution in [2.45, 2.75) is 31.3 Å². The summed E-state index contributed by atoms with van der Waals surface area (Å²) in [6.07, 6.45) is 4.79. The summed E-state index contributed by atoms with van der Waals surface area (Å²) < 4.78 is 1.05. The Morgan fingerprint density at radius 3 is 2.64 bits per heavy atom. The van der Waals surface area contributed by atoms with E-state index in [2.05, 4.69) is 82.5 Å². The number of benzene rings is 2. The summed E-state index contributed by atoms with van der Waals surface area (Å²) in [7, 11) is 0. The second kappa shape index (κ2) is 5.73. The van der Waals surface area contributed by atoms with Crippen molar-refractivity contribution in [2.24, 2.45) is 0 Å². The lowest BCUT2D eigenvalue weighted by Gasteiger charge is -2.49. The van der Waals surface area contributed by atoms with Gasteiger partial charge in [0, 0.05) is 28.5 Å². The van der Waals surface area contributed by atoms with E-state index in [-0.39, 0.29) is 11.3 Å². The molecule has 0 aromatic heterocycles. The Kier molecular flexibility index (Phi) is 3.76. The number of rotatable bonds is 2. The van der Waals surface area contributed by atoms with Gasteiger partial charge in [0.05, 0.1) is 0 Å². The van der Waals surface area contributed by atoms with Crippen molar-refractivity contribution in [3.05, 3.63) is 70.2 Å². The van der Waals surface area contributed by atoms with Gasteiger partial charge >= 0.3 is 0 Å². The standard InChI is InChI=1S/C21H21BrN2O/c1-20(2)16-8-4-6-10-18(16)24-14-12-19(25)23-21(20,24)13-11-15-7-3-5-9-17(15)22/h3-11,13H,12,14H2,1-2H3,(H,23,25). The lowest BCUT2D eigenvalue weighted by Crippen LogP contribution is -2.68. The largest absolute Gasteiger partial charge is 0.344 e. The zero-order valence-electron chi connectivity index (χ0n) is 14.4. The molecule has 0 aliphatic carbocycles. The Labute approximate surface area is 156 Å². The number of anilines is 1. The summed E-state index contributed by atoms with van der Waals surface area (Å²) in [5.41, 5.74) is 2.79. The molecule has 1 fully saturated rings. The molecule has 2 aliphatic heterocycles. The molecule has 1 N–H and O–H groups in total. The number of nitrogens with zero attached hydrogens (tertiary/aromatic N) is 1. The van der Waals surface area contributed by atoms with Crippen LogP contribution in [0.15, 0.2) is 59.1 Å². The number of nitrogens with one attached hydrogen (secondary N) is 1. The minimum atomic E-state index is -0.554. The molecule has 0 saturated carbocycles. The molecule has 1 saturated heterocycles. The van der Waals surface area contributed by atoms with Gasteiger partial charge in [-0.1, -0.05) is 72.3 Å². The zero-order chi connectivity index (χ0) is 17.7. The number of hydrogen-bond donors (Lipinski definition) is 1. The third-order valence-electron chi connectivity index (χ3n) is 5.55. The van der Waals surface area contributed by atoms with Crippen LogP contribution in [0.3, 0.4) is 0 Å². The van der Waals surface area contributed by atoms with Crippen LogP contribution in [0.25, 0.3) is 6.08 Å². The molecule has 4 heteroatoms. The SMILES string of the molecule is CC1(C)c2ccccc2N2CCC(=O)NC21C=Cc1ccccc1Br. The second-order valence-electron chi connectivity index (χ2n) is 7.21. The number of carbonyl (C=O) groups excluding carboxylic acids is 1. The number of fused-ring (bicyclic) bond motifs is 3. The van der Waals surface area contributed by atoms with Gasteiger partial charge in [-0.15, -0.1) is 0 Å². The average molecular weight is 397 g/mol. The second-order valence-corrected chi connectivity index (χ2v) is 8.07. The van der Waals surface area contributed by atoms with Crippen LogP contribution in [0.1, 0.15) is 31.4 Å². The van der Waals surface area contributed by atoms with Crippen molar-refractivity contribution >= 4 is 33.6 Å². The summed E-state index contributed by atoms with van der Waals surface area (Å²) in [5, 5.41) is 3.30. The highest BCUT2D eigenvalue weighted by atomic mass is 79.9. The summed E-state index contributed by atoms with van der Waals surface area (Å²) in [6, 6.07) is 16.6. The number of halogens is 1. The fraction of sp³-hybridized carbons (Fsp3) is 0.286. The van der Waals surface area contributed by atoms with Gasteiger partial charge in [-0.3, -0.25) is 4.79 Å². The van der Waals surface area contributed by atoms with Crippen molar-refractivity contribution in [2.75, 3.05) is 11.4 Å². The minimum Gasteiger partial charge on any atom is -0.344 e. The van der Waals surface area contributed by atoms with Crippen LogP contribution in [0.5, 0.6) is 0 Å². The summed E-state index contributed by atoms with van der Waals surface area (Å²) in [4.78, 5) is 14.7. The molecule has 0 bridgehead atoms. The lowest BCUT2D eigenvalue weighted by atomic mass is 9.74. The maximum Gasteiger partial charge on any atom is 0.223 e. The third-order valence-corrected chi connectivity index (χ3v) is 6.27. The Morgan fingerprint density at radius 1 is 1.12 bits per heavy atom. The highest BCUT2D eigenvalue weighted by Crippen LogP contribution is 2.52. The number of hydrogen-bond acceptors (Lipinski definition) is 2. The molecule has 0 radical (unpaired) electrons. The van der Waals surface area contributed by atoms with Gasteiger partial charge in [0.15, 0.2) is 0 Å². The molecule has 1 unspecified atom stereocenters. The molecule has 25 heavy (non-hydrogen) atoms. The summed E-state index contributed by atoms with van der Waals surface area (Å²) in [5.74, 6) is 0.105. The van der Waals surface area contributed by atoms with Gasteiger partial charge in [-0.2, -0.15) is 0 Å². The Morgan fingerprint density at radius 2 is 1.84 bits per heavy atom. The third kappa shape index (κ3) is 2.35. The van der Waals surface area contributed by atoms with Crippen molar-refractivity contribution in [3.63, 3.8) is 0 Å². The van der Waals surface area contributed by atoms with Gasteiger partial charge in [-0.05, 0) is 29.3 Å². The van der Waals surface area contributed by atoms with Gasteiger partial charge in [0.25, 0.3) is 0 Å². The summed E-state index contributed by atoms with van der Waals surface area (Å²) >= 11 is 3.61. The highest BCUT2D eigenvalue weighted by Gasteiger charge is 2.57. The first-order valence-corrected chi connectivity index (χ1v) is 9.37. The van der Waals surface area contributed by atoms with Crippen LogP contribution in [0, 0.1) is 0 Å².